The summed E-state index contributed by atoms with van der Waals surface area (Å²) in [6, 6.07) is 0. The Balaban J connectivity index is 2.05. The molecular formula is C8H15N3O2. The zero-order valence-electron chi connectivity index (χ0n) is 7.58. The number of nitrogens with zero attached hydrogens (tertiary/aromatic N) is 1. The number of hydrogen-bond donors (Lipinski definition) is 2. The molecular weight excluding hydrogens is 170 g/mol. The summed E-state index contributed by atoms with van der Waals surface area (Å²) in [6.45, 7) is 2.33. The van der Waals surface area contributed by atoms with Crippen molar-refractivity contribution in [3.05, 3.63) is 0 Å². The normalized spacial score (nSPS) is 16.6. The smallest absolute Gasteiger partial charge is 0.231 e. The molecule has 0 aliphatic carbocycles. The van der Waals surface area contributed by atoms with Gasteiger partial charge in [0.2, 0.25) is 11.8 Å². The minimum Gasteiger partial charge on any atom is -0.369 e. The van der Waals surface area contributed by atoms with Gasteiger partial charge in [0.1, 0.15) is 0 Å². The van der Waals surface area contributed by atoms with E-state index in [0.29, 0.717) is 19.5 Å². The van der Waals surface area contributed by atoms with Crippen molar-refractivity contribution in [3.63, 3.8) is 0 Å². The average Bonchev–Trinajstić information content (AvgIpc) is 2.45. The molecule has 1 aliphatic rings. The predicted molar refractivity (Wildman–Crippen MR) is 47.9 cm³/mol. The Labute approximate surface area is 77.3 Å². The van der Waals surface area contributed by atoms with Crippen molar-refractivity contribution >= 4 is 11.8 Å². The van der Waals surface area contributed by atoms with Gasteiger partial charge >= 0.3 is 0 Å². The SMILES string of the molecule is NC(=O)CNCCN1CCCC1=O. The quantitative estimate of drug-likeness (QED) is 0.522. The Bertz CT molecular complexity index is 206. The van der Waals surface area contributed by atoms with Crippen LogP contribution in [0.15, 0.2) is 0 Å². The first-order chi connectivity index (χ1) is 6.20. The molecule has 1 rings (SSSR count). The fourth-order valence-corrected chi connectivity index (χ4v) is 1.37. The topological polar surface area (TPSA) is 75.4 Å². The molecule has 5 nitrogen and oxygen atoms in total. The lowest BCUT2D eigenvalue weighted by molar-refractivity contribution is -0.127. The van der Waals surface area contributed by atoms with Gasteiger partial charge in [-0.15, -0.1) is 0 Å². The van der Waals surface area contributed by atoms with Gasteiger partial charge in [-0.25, -0.2) is 0 Å². The fourth-order valence-electron chi connectivity index (χ4n) is 1.37. The van der Waals surface area contributed by atoms with Crippen LogP contribution in [0.4, 0.5) is 0 Å². The average molecular weight is 185 g/mol. The van der Waals surface area contributed by atoms with Crippen LogP contribution in [0.25, 0.3) is 0 Å². The monoisotopic (exact) mass is 185 g/mol. The molecule has 1 fully saturated rings. The van der Waals surface area contributed by atoms with Gasteiger partial charge in [0, 0.05) is 26.1 Å². The number of rotatable bonds is 5. The zero-order chi connectivity index (χ0) is 9.68. The first-order valence-electron chi connectivity index (χ1n) is 4.47. The third-order valence-corrected chi connectivity index (χ3v) is 2.03. The number of nitrogens with two attached hydrogens (primary N) is 1. The van der Waals surface area contributed by atoms with E-state index < -0.39 is 0 Å². The van der Waals surface area contributed by atoms with E-state index in [2.05, 4.69) is 5.32 Å². The van der Waals surface area contributed by atoms with Crippen LogP contribution in [0.1, 0.15) is 12.8 Å². The van der Waals surface area contributed by atoms with E-state index in [1.54, 1.807) is 4.90 Å². The van der Waals surface area contributed by atoms with Crippen LogP contribution in [0.3, 0.4) is 0 Å². The summed E-state index contributed by atoms with van der Waals surface area (Å²) in [5.74, 6) is -0.159. The second kappa shape index (κ2) is 4.81. The molecule has 3 N–H and O–H groups in total. The van der Waals surface area contributed by atoms with E-state index in [1.165, 1.54) is 0 Å². The lowest BCUT2D eigenvalue weighted by Crippen LogP contribution is -2.36. The van der Waals surface area contributed by atoms with Gasteiger partial charge in [0.15, 0.2) is 0 Å². The maximum Gasteiger partial charge on any atom is 0.231 e. The summed E-state index contributed by atoms with van der Waals surface area (Å²) in [4.78, 5) is 23.2. The molecule has 0 unspecified atom stereocenters. The third kappa shape index (κ3) is 3.42. The van der Waals surface area contributed by atoms with Crippen molar-refractivity contribution in [2.24, 2.45) is 5.73 Å². The highest BCUT2D eigenvalue weighted by atomic mass is 16.2. The predicted octanol–water partition coefficient (Wildman–Crippen LogP) is -1.32. The molecule has 0 spiro atoms. The molecule has 0 atom stereocenters. The van der Waals surface area contributed by atoms with Gasteiger partial charge < -0.3 is 16.0 Å². The van der Waals surface area contributed by atoms with Crippen LogP contribution in [0.5, 0.6) is 0 Å². The summed E-state index contributed by atoms with van der Waals surface area (Å²) < 4.78 is 0. The van der Waals surface area contributed by atoms with E-state index in [0.717, 1.165) is 13.0 Å². The zero-order valence-corrected chi connectivity index (χ0v) is 7.58. The molecule has 0 saturated carbocycles. The molecule has 0 aromatic heterocycles. The first kappa shape index (κ1) is 9.98. The number of amides is 2. The Morgan fingerprint density at radius 1 is 1.62 bits per heavy atom. The summed E-state index contributed by atoms with van der Waals surface area (Å²) in [7, 11) is 0. The van der Waals surface area contributed by atoms with Crippen LogP contribution in [-0.4, -0.2) is 42.9 Å². The second-order valence-corrected chi connectivity index (χ2v) is 3.13. The number of hydrogen-bond acceptors (Lipinski definition) is 3. The molecule has 5 heteroatoms. The van der Waals surface area contributed by atoms with Gasteiger partial charge in [-0.05, 0) is 6.42 Å². The van der Waals surface area contributed by atoms with Crippen molar-refractivity contribution in [3.8, 4) is 0 Å². The number of nitrogens with one attached hydrogen (secondary N) is 1. The van der Waals surface area contributed by atoms with Gasteiger partial charge in [0.05, 0.1) is 6.54 Å². The third-order valence-electron chi connectivity index (χ3n) is 2.03. The van der Waals surface area contributed by atoms with E-state index in [-0.39, 0.29) is 18.4 Å². The second-order valence-electron chi connectivity index (χ2n) is 3.13. The number of carbonyl (C=O) groups excluding carboxylic acids is 2. The maximum absolute atomic E-state index is 11.1. The number of carbonyl (C=O) groups is 2. The van der Waals surface area contributed by atoms with Crippen LogP contribution < -0.4 is 11.1 Å². The van der Waals surface area contributed by atoms with E-state index in [1.807, 2.05) is 0 Å². The van der Waals surface area contributed by atoms with Gasteiger partial charge in [-0.2, -0.15) is 0 Å². The lowest BCUT2D eigenvalue weighted by atomic mass is 10.4. The van der Waals surface area contributed by atoms with E-state index in [9.17, 15) is 9.59 Å². The largest absolute Gasteiger partial charge is 0.369 e. The van der Waals surface area contributed by atoms with Crippen LogP contribution in [0.2, 0.25) is 0 Å². The fraction of sp³-hybridized carbons (Fsp3) is 0.750. The molecule has 0 aromatic rings. The van der Waals surface area contributed by atoms with Crippen LogP contribution in [-0.2, 0) is 9.59 Å². The van der Waals surface area contributed by atoms with Crippen molar-refractivity contribution in [1.29, 1.82) is 0 Å². The summed E-state index contributed by atoms with van der Waals surface area (Å²) in [5, 5.41) is 2.86. The van der Waals surface area contributed by atoms with Gasteiger partial charge in [-0.3, -0.25) is 9.59 Å². The molecule has 1 heterocycles. The molecule has 1 saturated heterocycles. The lowest BCUT2D eigenvalue weighted by Gasteiger charge is -2.14. The molecule has 2 amide bonds. The van der Waals surface area contributed by atoms with Crippen molar-refractivity contribution in [1.82, 2.24) is 10.2 Å². The number of primary amides is 1. The van der Waals surface area contributed by atoms with Crippen molar-refractivity contribution in [2.45, 2.75) is 12.8 Å². The van der Waals surface area contributed by atoms with Crippen molar-refractivity contribution in [2.75, 3.05) is 26.2 Å². The van der Waals surface area contributed by atoms with Gasteiger partial charge in [-0.1, -0.05) is 0 Å². The van der Waals surface area contributed by atoms with E-state index >= 15 is 0 Å². The summed E-state index contributed by atoms with van der Waals surface area (Å²) in [6.07, 6.45) is 1.62. The molecule has 0 radical (unpaired) electrons. The Hall–Kier alpha value is -1.10. The van der Waals surface area contributed by atoms with Crippen LogP contribution in [0, 0.1) is 0 Å². The molecule has 0 bridgehead atoms. The maximum atomic E-state index is 11.1. The van der Waals surface area contributed by atoms with E-state index in [4.69, 9.17) is 5.73 Å². The molecule has 74 valence electrons. The molecule has 1 aliphatic heterocycles. The van der Waals surface area contributed by atoms with Crippen LogP contribution >= 0.6 is 0 Å². The number of likely N-dealkylation sites (tertiary alicyclic amines) is 1. The molecule has 13 heavy (non-hydrogen) atoms. The van der Waals surface area contributed by atoms with Gasteiger partial charge in [0.25, 0.3) is 0 Å². The Morgan fingerprint density at radius 3 is 2.92 bits per heavy atom. The summed E-state index contributed by atoms with van der Waals surface area (Å²) in [5.41, 5.74) is 4.93. The standard InChI is InChI=1S/C8H15N3O2/c9-7(12)6-10-3-5-11-4-1-2-8(11)13/h10H,1-6H2,(H2,9,12). The van der Waals surface area contributed by atoms with Crippen molar-refractivity contribution < 1.29 is 9.59 Å². The highest BCUT2D eigenvalue weighted by Gasteiger charge is 2.18. The minimum absolute atomic E-state index is 0.183. The minimum atomic E-state index is -0.368. The Kier molecular flexibility index (Phi) is 3.70. The Morgan fingerprint density at radius 2 is 2.38 bits per heavy atom. The highest BCUT2D eigenvalue weighted by Crippen LogP contribution is 2.07. The highest BCUT2D eigenvalue weighted by molar-refractivity contribution is 5.78. The summed E-state index contributed by atoms with van der Waals surface area (Å²) >= 11 is 0. The first-order valence-corrected chi connectivity index (χ1v) is 4.47. The molecule has 0 aromatic carbocycles.